The van der Waals surface area contributed by atoms with Gasteiger partial charge in [-0.15, -0.1) is 0 Å². The molecule has 0 unspecified atom stereocenters. The number of amides is 3. The highest BCUT2D eigenvalue weighted by atomic mass is 19.3. The van der Waals surface area contributed by atoms with Crippen LogP contribution in [-0.4, -0.2) is 65.6 Å². The zero-order chi connectivity index (χ0) is 24.2. The molecule has 33 heavy (non-hydrogen) atoms. The number of anilines is 1. The molecule has 0 aliphatic carbocycles. The smallest absolute Gasteiger partial charge is 0.410 e. The van der Waals surface area contributed by atoms with Gasteiger partial charge in [0.25, 0.3) is 0 Å². The number of carbonyl (C=O) groups is 3. The first kappa shape index (κ1) is 24.7. The molecule has 2 aliphatic heterocycles. The van der Waals surface area contributed by atoms with Crippen molar-refractivity contribution in [2.24, 2.45) is 5.92 Å². The first-order valence-electron chi connectivity index (χ1n) is 11.2. The molecule has 0 spiro atoms. The van der Waals surface area contributed by atoms with Gasteiger partial charge in [-0.3, -0.25) is 14.5 Å². The third-order valence-corrected chi connectivity index (χ3v) is 5.69. The molecule has 1 atom stereocenters. The highest BCUT2D eigenvalue weighted by Gasteiger charge is 2.39. The highest BCUT2D eigenvalue weighted by Crippen LogP contribution is 2.26. The molecule has 2 fully saturated rings. The second kappa shape index (κ2) is 10.4. The van der Waals surface area contributed by atoms with Gasteiger partial charge in [-0.25, -0.2) is 4.79 Å². The van der Waals surface area contributed by atoms with E-state index in [2.05, 4.69) is 10.1 Å². The second-order valence-electron chi connectivity index (χ2n) is 9.32. The molecule has 2 heterocycles. The van der Waals surface area contributed by atoms with Crippen molar-refractivity contribution in [3.63, 3.8) is 0 Å². The summed E-state index contributed by atoms with van der Waals surface area (Å²) >= 11 is 0. The zero-order valence-corrected chi connectivity index (χ0v) is 19.2. The standard InChI is InChI=1S/C23H31F2N3O5/c1-23(2,3)33-22(31)28-12-4-5-18(28)20(30)27-13-10-15(11-14-27)19(29)26-16-6-8-17(9-7-16)32-21(24)25/h6-9,15,18,21H,4-5,10-14H2,1-3H3,(H,26,29)/t18-/m1/s1. The van der Waals surface area contributed by atoms with Crippen LogP contribution in [0.2, 0.25) is 0 Å². The number of likely N-dealkylation sites (tertiary alicyclic amines) is 2. The number of piperidine rings is 1. The maximum Gasteiger partial charge on any atom is 0.410 e. The summed E-state index contributed by atoms with van der Waals surface area (Å²) in [6.45, 7) is 3.81. The molecule has 8 nitrogen and oxygen atoms in total. The summed E-state index contributed by atoms with van der Waals surface area (Å²) in [6.07, 6.45) is 1.88. The lowest BCUT2D eigenvalue weighted by molar-refractivity contribution is -0.138. The SMILES string of the molecule is CC(C)(C)OC(=O)N1CCC[C@@H]1C(=O)N1CCC(C(=O)Nc2ccc(OC(F)F)cc2)CC1. The molecule has 1 N–H and O–H groups in total. The Hall–Kier alpha value is -2.91. The van der Waals surface area contributed by atoms with Gasteiger partial charge in [-0.05, 0) is 70.7 Å². The topological polar surface area (TPSA) is 88.2 Å². The summed E-state index contributed by atoms with van der Waals surface area (Å²) in [7, 11) is 0. The van der Waals surface area contributed by atoms with Gasteiger partial charge >= 0.3 is 12.7 Å². The molecule has 0 bridgehead atoms. The quantitative estimate of drug-likeness (QED) is 0.711. The normalized spacial score (nSPS) is 19.5. The van der Waals surface area contributed by atoms with E-state index in [1.165, 1.54) is 29.2 Å². The largest absolute Gasteiger partial charge is 0.444 e. The van der Waals surface area contributed by atoms with E-state index >= 15 is 0 Å². The Morgan fingerprint density at radius 1 is 1.03 bits per heavy atom. The lowest BCUT2D eigenvalue weighted by Gasteiger charge is -2.35. The molecule has 1 aromatic carbocycles. The second-order valence-corrected chi connectivity index (χ2v) is 9.32. The molecule has 1 aromatic rings. The zero-order valence-electron chi connectivity index (χ0n) is 19.2. The summed E-state index contributed by atoms with van der Waals surface area (Å²) < 4.78 is 34.2. The minimum atomic E-state index is -2.90. The lowest BCUT2D eigenvalue weighted by atomic mass is 9.95. The maximum absolute atomic E-state index is 13.1. The number of hydrogen-bond donors (Lipinski definition) is 1. The number of alkyl halides is 2. The van der Waals surface area contributed by atoms with Crippen LogP contribution in [0.15, 0.2) is 24.3 Å². The number of rotatable bonds is 5. The van der Waals surface area contributed by atoms with Crippen molar-refractivity contribution in [1.82, 2.24) is 9.80 Å². The first-order chi connectivity index (χ1) is 15.5. The van der Waals surface area contributed by atoms with Crippen LogP contribution in [-0.2, 0) is 14.3 Å². The minimum absolute atomic E-state index is 0.0159. The van der Waals surface area contributed by atoms with Crippen molar-refractivity contribution in [3.05, 3.63) is 24.3 Å². The average Bonchev–Trinajstić information content (AvgIpc) is 3.23. The molecule has 0 radical (unpaired) electrons. The van der Waals surface area contributed by atoms with E-state index in [0.717, 1.165) is 6.42 Å². The molecule has 3 amide bonds. The van der Waals surface area contributed by atoms with Gasteiger partial charge in [0.2, 0.25) is 11.8 Å². The predicted octanol–water partition coefficient (Wildman–Crippen LogP) is 3.86. The number of carbonyl (C=O) groups excluding carboxylic acids is 3. The fraction of sp³-hybridized carbons (Fsp3) is 0.609. The van der Waals surface area contributed by atoms with E-state index in [4.69, 9.17) is 4.74 Å². The van der Waals surface area contributed by atoms with Gasteiger partial charge in [-0.2, -0.15) is 8.78 Å². The van der Waals surface area contributed by atoms with Crippen molar-refractivity contribution in [3.8, 4) is 5.75 Å². The van der Waals surface area contributed by atoms with Gasteiger partial charge < -0.3 is 19.7 Å². The molecule has 0 aromatic heterocycles. The van der Waals surface area contributed by atoms with Crippen molar-refractivity contribution in [2.75, 3.05) is 25.0 Å². The number of ether oxygens (including phenoxy) is 2. The monoisotopic (exact) mass is 467 g/mol. The molecule has 2 saturated heterocycles. The number of nitrogens with zero attached hydrogens (tertiary/aromatic N) is 2. The molecule has 0 saturated carbocycles. The molecule has 3 rings (SSSR count). The summed E-state index contributed by atoms with van der Waals surface area (Å²) in [4.78, 5) is 41.4. The van der Waals surface area contributed by atoms with Crippen LogP contribution >= 0.6 is 0 Å². The van der Waals surface area contributed by atoms with Gasteiger partial charge in [0.05, 0.1) is 0 Å². The van der Waals surface area contributed by atoms with E-state index < -0.39 is 24.3 Å². The number of benzene rings is 1. The number of nitrogens with one attached hydrogen (secondary N) is 1. The third-order valence-electron chi connectivity index (χ3n) is 5.69. The van der Waals surface area contributed by atoms with E-state index in [1.54, 1.807) is 25.7 Å². The van der Waals surface area contributed by atoms with Gasteiger partial charge in [-0.1, -0.05) is 0 Å². The summed E-state index contributed by atoms with van der Waals surface area (Å²) in [5, 5.41) is 2.78. The van der Waals surface area contributed by atoms with Crippen molar-refractivity contribution in [1.29, 1.82) is 0 Å². The Bertz CT molecular complexity index is 849. The molecular formula is C23H31F2N3O5. The van der Waals surface area contributed by atoms with E-state index in [-0.39, 0.29) is 23.5 Å². The third kappa shape index (κ3) is 6.79. The van der Waals surface area contributed by atoms with Crippen LogP contribution in [0.3, 0.4) is 0 Å². The fourth-order valence-corrected chi connectivity index (χ4v) is 4.10. The Kier molecular flexibility index (Phi) is 7.76. The van der Waals surface area contributed by atoms with E-state index in [9.17, 15) is 23.2 Å². The van der Waals surface area contributed by atoms with Gasteiger partial charge in [0.1, 0.15) is 17.4 Å². The predicted molar refractivity (Wildman–Crippen MR) is 117 cm³/mol. The van der Waals surface area contributed by atoms with Crippen molar-refractivity contribution in [2.45, 2.75) is 64.7 Å². The van der Waals surface area contributed by atoms with E-state index in [0.29, 0.717) is 44.6 Å². The molecular weight excluding hydrogens is 436 g/mol. The van der Waals surface area contributed by atoms with Gasteiger partial charge in [0.15, 0.2) is 0 Å². The number of halogens is 2. The van der Waals surface area contributed by atoms with E-state index in [1.807, 2.05) is 0 Å². The molecule has 2 aliphatic rings. The van der Waals surface area contributed by atoms with Gasteiger partial charge in [0, 0.05) is 31.2 Å². The average molecular weight is 468 g/mol. The minimum Gasteiger partial charge on any atom is -0.444 e. The lowest BCUT2D eigenvalue weighted by Crippen LogP contribution is -2.51. The Morgan fingerprint density at radius 2 is 1.67 bits per heavy atom. The van der Waals surface area contributed by atoms with Crippen LogP contribution in [0.25, 0.3) is 0 Å². The van der Waals surface area contributed by atoms with Crippen LogP contribution in [0.4, 0.5) is 19.3 Å². The summed E-state index contributed by atoms with van der Waals surface area (Å²) in [6, 6.07) is 5.20. The maximum atomic E-state index is 13.1. The Morgan fingerprint density at radius 3 is 2.24 bits per heavy atom. The molecule has 10 heteroatoms. The van der Waals surface area contributed by atoms with Crippen molar-refractivity contribution < 1.29 is 32.6 Å². The Labute approximate surface area is 192 Å². The molecule has 182 valence electrons. The highest BCUT2D eigenvalue weighted by molar-refractivity contribution is 5.93. The fourth-order valence-electron chi connectivity index (χ4n) is 4.10. The number of hydrogen-bond acceptors (Lipinski definition) is 5. The van der Waals surface area contributed by atoms with Crippen LogP contribution in [0.1, 0.15) is 46.5 Å². The first-order valence-corrected chi connectivity index (χ1v) is 11.2. The van der Waals surface area contributed by atoms with Crippen LogP contribution in [0, 0.1) is 5.92 Å². The van der Waals surface area contributed by atoms with Crippen molar-refractivity contribution >= 4 is 23.6 Å². The van der Waals surface area contributed by atoms with Crippen LogP contribution < -0.4 is 10.1 Å². The Balaban J connectivity index is 1.50. The summed E-state index contributed by atoms with van der Waals surface area (Å²) in [5.41, 5.74) is -0.144. The summed E-state index contributed by atoms with van der Waals surface area (Å²) in [5.74, 6) is -0.536. The van der Waals surface area contributed by atoms with Crippen LogP contribution in [0.5, 0.6) is 5.75 Å².